The molecule has 134 valence electrons. The van der Waals surface area contributed by atoms with Crippen LogP contribution in [0.3, 0.4) is 0 Å². The van der Waals surface area contributed by atoms with Crippen molar-refractivity contribution < 1.29 is 13.2 Å². The van der Waals surface area contributed by atoms with Crippen molar-refractivity contribution in [1.29, 1.82) is 0 Å². The van der Waals surface area contributed by atoms with E-state index in [-0.39, 0.29) is 12.1 Å². The smallest absolute Gasteiger partial charge is 0.348 e. The van der Waals surface area contributed by atoms with Crippen molar-refractivity contribution in [3.05, 3.63) is 77.1 Å². The van der Waals surface area contributed by atoms with Crippen molar-refractivity contribution in [2.24, 2.45) is 0 Å². The highest BCUT2D eigenvalue weighted by Crippen LogP contribution is 2.39. The molecule has 0 saturated heterocycles. The highest BCUT2D eigenvalue weighted by atomic mass is 19.4. The Morgan fingerprint density at radius 2 is 1.85 bits per heavy atom. The summed E-state index contributed by atoms with van der Waals surface area (Å²) < 4.78 is 41.0. The van der Waals surface area contributed by atoms with E-state index in [2.05, 4.69) is 15.4 Å². The summed E-state index contributed by atoms with van der Waals surface area (Å²) in [6.07, 6.45) is -2.37. The summed E-state index contributed by atoms with van der Waals surface area (Å²) >= 11 is 0. The first kappa shape index (κ1) is 16.6. The Balaban J connectivity index is 1.73. The van der Waals surface area contributed by atoms with E-state index in [1.165, 1.54) is 18.5 Å². The maximum atomic E-state index is 13.1. The second kappa shape index (κ2) is 6.16. The number of fused-ring (bicyclic) bond motifs is 1. The molecule has 0 fully saturated rings. The fourth-order valence-electron chi connectivity index (χ4n) is 3.34. The lowest BCUT2D eigenvalue weighted by Crippen LogP contribution is -2.28. The molecule has 1 aliphatic heterocycles. The van der Waals surface area contributed by atoms with E-state index in [9.17, 15) is 13.2 Å². The third-order valence-corrected chi connectivity index (χ3v) is 4.71. The van der Waals surface area contributed by atoms with Gasteiger partial charge < -0.3 is 5.32 Å². The van der Waals surface area contributed by atoms with E-state index in [0.717, 1.165) is 17.2 Å². The Hall–Kier alpha value is -2.83. The first-order valence-electron chi connectivity index (χ1n) is 8.31. The second-order valence-corrected chi connectivity index (χ2v) is 6.51. The number of nitrogens with one attached hydrogen (secondary N) is 1. The molecular formula is C19H17F3N4. The van der Waals surface area contributed by atoms with Crippen molar-refractivity contribution in [3.8, 4) is 0 Å². The van der Waals surface area contributed by atoms with Gasteiger partial charge in [0.1, 0.15) is 6.33 Å². The van der Waals surface area contributed by atoms with Gasteiger partial charge in [0.2, 0.25) is 5.95 Å². The molecule has 4 nitrogen and oxygen atoms in total. The Kier molecular flexibility index (Phi) is 3.94. The number of aromatic nitrogens is 3. The Morgan fingerprint density at radius 3 is 2.58 bits per heavy atom. The highest BCUT2D eigenvalue weighted by molar-refractivity contribution is 5.39. The van der Waals surface area contributed by atoms with Gasteiger partial charge in [-0.1, -0.05) is 42.0 Å². The van der Waals surface area contributed by atoms with Gasteiger partial charge in [-0.2, -0.15) is 23.3 Å². The van der Waals surface area contributed by atoms with Crippen LogP contribution in [0.1, 0.15) is 40.8 Å². The third kappa shape index (κ3) is 3.05. The van der Waals surface area contributed by atoms with E-state index < -0.39 is 11.7 Å². The van der Waals surface area contributed by atoms with E-state index in [0.29, 0.717) is 17.9 Å². The van der Waals surface area contributed by atoms with Crippen molar-refractivity contribution >= 4 is 5.95 Å². The highest BCUT2D eigenvalue weighted by Gasteiger charge is 2.34. The number of hydrogen-bond acceptors (Lipinski definition) is 3. The van der Waals surface area contributed by atoms with E-state index >= 15 is 0 Å². The molecule has 2 atom stereocenters. The Bertz CT molecular complexity index is 915. The van der Waals surface area contributed by atoms with Gasteiger partial charge in [0.25, 0.3) is 0 Å². The predicted octanol–water partition coefficient (Wildman–Crippen LogP) is 4.75. The minimum Gasteiger partial charge on any atom is -0.348 e. The number of anilines is 1. The van der Waals surface area contributed by atoms with Crippen LogP contribution in [-0.2, 0) is 6.18 Å². The van der Waals surface area contributed by atoms with Gasteiger partial charge in [-0.3, -0.25) is 0 Å². The number of nitrogens with zero attached hydrogens (tertiary/aromatic N) is 3. The fraction of sp³-hybridized carbons (Fsp3) is 0.263. The average Bonchev–Trinajstić information content (AvgIpc) is 3.09. The molecule has 3 aromatic rings. The van der Waals surface area contributed by atoms with Crippen molar-refractivity contribution in [1.82, 2.24) is 14.8 Å². The molecule has 26 heavy (non-hydrogen) atoms. The van der Waals surface area contributed by atoms with Crippen LogP contribution in [0.2, 0.25) is 0 Å². The van der Waals surface area contributed by atoms with Crippen molar-refractivity contribution in [3.63, 3.8) is 0 Å². The molecule has 0 radical (unpaired) electrons. The molecule has 4 rings (SSSR count). The molecule has 0 saturated carbocycles. The van der Waals surface area contributed by atoms with Crippen LogP contribution < -0.4 is 5.32 Å². The summed E-state index contributed by atoms with van der Waals surface area (Å²) in [5, 5.41) is 7.53. The molecule has 2 aromatic carbocycles. The average molecular weight is 358 g/mol. The van der Waals surface area contributed by atoms with Crippen LogP contribution in [0.5, 0.6) is 0 Å². The number of rotatable bonds is 2. The van der Waals surface area contributed by atoms with Crippen LogP contribution in [0, 0.1) is 6.92 Å². The molecule has 2 heterocycles. The summed E-state index contributed by atoms with van der Waals surface area (Å²) in [6.45, 7) is 2.01. The first-order chi connectivity index (χ1) is 12.4. The number of halogens is 3. The second-order valence-electron chi connectivity index (χ2n) is 6.51. The SMILES string of the molecule is Cc1ccc([C@@H]2C[C@H](c3cccc(C(F)(F)F)c3)n3ncnc3N2)cc1. The van der Waals surface area contributed by atoms with E-state index in [4.69, 9.17) is 0 Å². The van der Waals surface area contributed by atoms with E-state index in [1.54, 1.807) is 10.7 Å². The molecule has 0 spiro atoms. The third-order valence-electron chi connectivity index (χ3n) is 4.71. The number of benzene rings is 2. The van der Waals surface area contributed by atoms with Crippen LogP contribution in [-0.4, -0.2) is 14.8 Å². The van der Waals surface area contributed by atoms with Crippen LogP contribution in [0.4, 0.5) is 19.1 Å². The zero-order valence-corrected chi connectivity index (χ0v) is 14.0. The minimum atomic E-state index is -4.37. The largest absolute Gasteiger partial charge is 0.416 e. The lowest BCUT2D eigenvalue weighted by molar-refractivity contribution is -0.137. The summed E-state index contributed by atoms with van der Waals surface area (Å²) in [7, 11) is 0. The quantitative estimate of drug-likeness (QED) is 0.719. The van der Waals surface area contributed by atoms with Crippen LogP contribution in [0.15, 0.2) is 54.9 Å². The molecule has 0 unspecified atom stereocenters. The van der Waals surface area contributed by atoms with E-state index in [1.807, 2.05) is 31.2 Å². The standard InChI is InChI=1S/C19H17F3N4/c1-12-5-7-13(8-6-12)16-10-17(26-18(25-16)23-11-24-26)14-3-2-4-15(9-14)19(20,21)22/h2-9,11,16-17H,10H2,1H3,(H,23,24,25)/t16-,17+/m0/s1. The van der Waals surface area contributed by atoms with Gasteiger partial charge in [-0.15, -0.1) is 0 Å². The Morgan fingerprint density at radius 1 is 1.08 bits per heavy atom. The molecule has 7 heteroatoms. The number of hydrogen-bond donors (Lipinski definition) is 1. The molecule has 1 N–H and O–H groups in total. The van der Waals surface area contributed by atoms with Gasteiger partial charge >= 0.3 is 6.18 Å². The zero-order valence-electron chi connectivity index (χ0n) is 14.0. The Labute approximate surface area is 148 Å². The molecular weight excluding hydrogens is 341 g/mol. The molecule has 1 aliphatic rings. The summed E-state index contributed by atoms with van der Waals surface area (Å²) in [4.78, 5) is 4.22. The van der Waals surface area contributed by atoms with Gasteiger partial charge in [0.05, 0.1) is 17.6 Å². The first-order valence-corrected chi connectivity index (χ1v) is 8.31. The lowest BCUT2D eigenvalue weighted by atomic mass is 9.92. The molecule has 0 amide bonds. The molecule has 1 aromatic heterocycles. The van der Waals surface area contributed by atoms with Crippen LogP contribution in [0.25, 0.3) is 0 Å². The maximum Gasteiger partial charge on any atom is 0.416 e. The maximum absolute atomic E-state index is 13.1. The molecule has 0 bridgehead atoms. The number of aryl methyl sites for hydroxylation is 1. The topological polar surface area (TPSA) is 42.7 Å². The minimum absolute atomic E-state index is 0.0492. The summed E-state index contributed by atoms with van der Waals surface area (Å²) in [5.41, 5.74) is 2.15. The van der Waals surface area contributed by atoms with Gasteiger partial charge in [-0.05, 0) is 36.6 Å². The number of alkyl halides is 3. The van der Waals surface area contributed by atoms with Gasteiger partial charge in [-0.25, -0.2) is 4.68 Å². The predicted molar refractivity (Wildman–Crippen MR) is 91.8 cm³/mol. The molecule has 0 aliphatic carbocycles. The fourth-order valence-corrected chi connectivity index (χ4v) is 3.34. The van der Waals surface area contributed by atoms with Crippen molar-refractivity contribution in [2.75, 3.05) is 5.32 Å². The van der Waals surface area contributed by atoms with Crippen LogP contribution >= 0.6 is 0 Å². The normalized spacial score (nSPS) is 19.7. The van der Waals surface area contributed by atoms with Gasteiger partial charge in [0, 0.05) is 0 Å². The summed E-state index contributed by atoms with van der Waals surface area (Å²) in [5.74, 6) is 0.559. The monoisotopic (exact) mass is 358 g/mol. The van der Waals surface area contributed by atoms with Gasteiger partial charge in [0.15, 0.2) is 0 Å². The summed E-state index contributed by atoms with van der Waals surface area (Å²) in [6, 6.07) is 13.2. The van der Waals surface area contributed by atoms with Crippen molar-refractivity contribution in [2.45, 2.75) is 31.6 Å². The zero-order chi connectivity index (χ0) is 18.3. The lowest BCUT2D eigenvalue weighted by Gasteiger charge is -2.32.